The Bertz CT molecular complexity index is 624. The number of nitrogens with one attached hydrogen (secondary N) is 1. The van der Waals surface area contributed by atoms with Crippen LogP contribution in [0.2, 0.25) is 0 Å². The van der Waals surface area contributed by atoms with Crippen molar-refractivity contribution in [3.63, 3.8) is 0 Å². The van der Waals surface area contributed by atoms with E-state index in [1.54, 1.807) is 0 Å². The van der Waals surface area contributed by atoms with Crippen molar-refractivity contribution in [1.29, 1.82) is 0 Å². The van der Waals surface area contributed by atoms with Crippen LogP contribution in [0.4, 0.5) is 0 Å². The van der Waals surface area contributed by atoms with Gasteiger partial charge in [0.05, 0.1) is 17.8 Å². The molecule has 1 saturated carbocycles. The van der Waals surface area contributed by atoms with Crippen molar-refractivity contribution in [3.8, 4) is 0 Å². The van der Waals surface area contributed by atoms with Crippen molar-refractivity contribution in [1.82, 2.24) is 9.62 Å². The minimum Gasteiger partial charge on any atom is -0.355 e. The summed E-state index contributed by atoms with van der Waals surface area (Å²) in [6, 6.07) is -0.512. The van der Waals surface area contributed by atoms with E-state index in [0.29, 0.717) is 6.42 Å². The van der Waals surface area contributed by atoms with Crippen LogP contribution in [-0.4, -0.2) is 63.9 Å². The summed E-state index contributed by atoms with van der Waals surface area (Å²) in [7, 11) is -6.66. The zero-order valence-electron chi connectivity index (χ0n) is 13.5. The maximum Gasteiger partial charge on any atom is 0.223 e. The molecule has 9 heteroatoms. The number of hydrogen-bond acceptors (Lipinski definition) is 5. The number of sulfone groups is 1. The Morgan fingerprint density at radius 3 is 2.35 bits per heavy atom. The van der Waals surface area contributed by atoms with Gasteiger partial charge in [0.1, 0.15) is 0 Å². The van der Waals surface area contributed by atoms with Crippen LogP contribution in [0.1, 0.15) is 38.5 Å². The first kappa shape index (κ1) is 18.7. The van der Waals surface area contributed by atoms with Crippen molar-refractivity contribution < 1.29 is 21.6 Å². The van der Waals surface area contributed by atoms with Gasteiger partial charge in [0.15, 0.2) is 9.84 Å². The summed E-state index contributed by atoms with van der Waals surface area (Å²) in [6.07, 6.45) is 6.49. The van der Waals surface area contributed by atoms with Crippen molar-refractivity contribution in [2.75, 3.05) is 30.9 Å². The fraction of sp³-hybridized carbons (Fsp3) is 0.929. The topological polar surface area (TPSA) is 101 Å². The maximum absolute atomic E-state index is 12.1. The fourth-order valence-corrected chi connectivity index (χ4v) is 6.39. The Labute approximate surface area is 138 Å². The first-order valence-electron chi connectivity index (χ1n) is 8.14. The van der Waals surface area contributed by atoms with Crippen LogP contribution >= 0.6 is 0 Å². The molecule has 0 radical (unpaired) electrons. The van der Waals surface area contributed by atoms with Gasteiger partial charge in [0.25, 0.3) is 0 Å². The van der Waals surface area contributed by atoms with Gasteiger partial charge in [-0.25, -0.2) is 16.8 Å². The molecule has 1 saturated heterocycles. The van der Waals surface area contributed by atoms with E-state index in [4.69, 9.17) is 0 Å². The monoisotopic (exact) mass is 366 g/mol. The van der Waals surface area contributed by atoms with E-state index in [2.05, 4.69) is 5.32 Å². The van der Waals surface area contributed by atoms with Crippen LogP contribution in [0.15, 0.2) is 0 Å². The highest BCUT2D eigenvalue weighted by Gasteiger charge is 2.36. The van der Waals surface area contributed by atoms with Gasteiger partial charge in [-0.05, 0) is 19.3 Å². The zero-order valence-corrected chi connectivity index (χ0v) is 15.2. The van der Waals surface area contributed by atoms with Gasteiger partial charge in [-0.2, -0.15) is 4.31 Å². The summed E-state index contributed by atoms with van der Waals surface area (Å²) in [5.74, 6) is -0.0890. The maximum atomic E-state index is 12.1. The van der Waals surface area contributed by atoms with Crippen LogP contribution in [0.25, 0.3) is 0 Å². The Balaban J connectivity index is 1.88. The molecule has 2 aliphatic rings. The molecule has 23 heavy (non-hydrogen) atoms. The van der Waals surface area contributed by atoms with Gasteiger partial charge >= 0.3 is 0 Å². The molecule has 1 unspecified atom stereocenters. The third-order valence-electron chi connectivity index (χ3n) is 4.65. The van der Waals surface area contributed by atoms with E-state index in [1.807, 2.05) is 0 Å². The SMILES string of the molecule is CS(=O)(=O)N(CCNC(=O)C1CCCCC1)C1CCS(=O)(=O)C1. The quantitative estimate of drug-likeness (QED) is 0.720. The first-order valence-corrected chi connectivity index (χ1v) is 11.8. The van der Waals surface area contributed by atoms with Gasteiger partial charge in [0, 0.05) is 25.0 Å². The summed E-state index contributed by atoms with van der Waals surface area (Å²) in [4.78, 5) is 12.1. The van der Waals surface area contributed by atoms with E-state index in [9.17, 15) is 21.6 Å². The van der Waals surface area contributed by atoms with Crippen molar-refractivity contribution in [2.45, 2.75) is 44.6 Å². The third-order valence-corrected chi connectivity index (χ3v) is 7.73. The lowest BCUT2D eigenvalue weighted by molar-refractivity contribution is -0.125. The van der Waals surface area contributed by atoms with Gasteiger partial charge < -0.3 is 5.32 Å². The number of carbonyl (C=O) groups excluding carboxylic acids is 1. The second kappa shape index (κ2) is 7.48. The molecular weight excluding hydrogens is 340 g/mol. The largest absolute Gasteiger partial charge is 0.355 e. The molecule has 1 aliphatic carbocycles. The smallest absolute Gasteiger partial charge is 0.223 e. The molecule has 1 N–H and O–H groups in total. The van der Waals surface area contributed by atoms with E-state index in [1.165, 1.54) is 10.7 Å². The van der Waals surface area contributed by atoms with Crippen LogP contribution < -0.4 is 5.32 Å². The normalized spacial score (nSPS) is 25.6. The Morgan fingerprint density at radius 1 is 1.17 bits per heavy atom. The summed E-state index contributed by atoms with van der Waals surface area (Å²) in [5.41, 5.74) is 0. The van der Waals surface area contributed by atoms with Crippen LogP contribution in [-0.2, 0) is 24.7 Å². The second-order valence-electron chi connectivity index (χ2n) is 6.56. The lowest BCUT2D eigenvalue weighted by Gasteiger charge is -2.26. The Hall–Kier alpha value is -0.670. The van der Waals surface area contributed by atoms with Crippen molar-refractivity contribution in [3.05, 3.63) is 0 Å². The highest BCUT2D eigenvalue weighted by atomic mass is 32.2. The van der Waals surface area contributed by atoms with Gasteiger partial charge in [-0.3, -0.25) is 4.79 Å². The van der Waals surface area contributed by atoms with Gasteiger partial charge in [-0.15, -0.1) is 0 Å². The highest BCUT2D eigenvalue weighted by Crippen LogP contribution is 2.23. The molecule has 1 atom stereocenters. The Kier molecular flexibility index (Phi) is 6.07. The Morgan fingerprint density at radius 2 is 1.83 bits per heavy atom. The standard InChI is InChI=1S/C14H26N2O5S2/c1-22(18,19)16(13-7-10-23(20,21)11-13)9-8-15-14(17)12-5-3-2-4-6-12/h12-13H,2-11H2,1H3,(H,15,17). The minimum absolute atomic E-state index is 0.0165. The molecule has 2 rings (SSSR count). The molecule has 1 aliphatic heterocycles. The molecular formula is C14H26N2O5S2. The molecule has 0 spiro atoms. The van der Waals surface area contributed by atoms with E-state index in [0.717, 1.165) is 31.9 Å². The summed E-state index contributed by atoms with van der Waals surface area (Å²) in [5, 5.41) is 2.80. The summed E-state index contributed by atoms with van der Waals surface area (Å²) >= 11 is 0. The fourth-order valence-electron chi connectivity index (χ4n) is 3.42. The van der Waals surface area contributed by atoms with Crippen molar-refractivity contribution >= 4 is 25.8 Å². The average Bonchev–Trinajstić information content (AvgIpc) is 2.82. The lowest BCUT2D eigenvalue weighted by Crippen LogP contribution is -2.45. The number of carbonyl (C=O) groups is 1. The van der Waals surface area contributed by atoms with Crippen molar-refractivity contribution in [2.24, 2.45) is 5.92 Å². The molecule has 134 valence electrons. The second-order valence-corrected chi connectivity index (χ2v) is 10.7. The molecule has 0 aromatic carbocycles. The number of hydrogen-bond donors (Lipinski definition) is 1. The predicted molar refractivity (Wildman–Crippen MR) is 88.2 cm³/mol. The molecule has 2 fully saturated rings. The zero-order chi connectivity index (χ0) is 17.1. The summed E-state index contributed by atoms with van der Waals surface area (Å²) < 4.78 is 48.2. The number of rotatable bonds is 6. The number of sulfonamides is 1. The molecule has 7 nitrogen and oxygen atoms in total. The summed E-state index contributed by atoms with van der Waals surface area (Å²) in [6.45, 7) is 0.344. The molecule has 0 bridgehead atoms. The molecule has 0 aromatic heterocycles. The number of amides is 1. The minimum atomic E-state index is -3.50. The number of nitrogens with zero attached hydrogens (tertiary/aromatic N) is 1. The average molecular weight is 367 g/mol. The van der Waals surface area contributed by atoms with Gasteiger partial charge in [0.2, 0.25) is 15.9 Å². The molecule has 0 aromatic rings. The van der Waals surface area contributed by atoms with Crippen LogP contribution in [0.5, 0.6) is 0 Å². The molecule has 1 heterocycles. The predicted octanol–water partition coefficient (Wildman–Crippen LogP) is 0.132. The van der Waals surface area contributed by atoms with E-state index < -0.39 is 25.9 Å². The molecule has 1 amide bonds. The van der Waals surface area contributed by atoms with E-state index in [-0.39, 0.29) is 36.4 Å². The van der Waals surface area contributed by atoms with Gasteiger partial charge in [-0.1, -0.05) is 19.3 Å². The van der Waals surface area contributed by atoms with E-state index >= 15 is 0 Å². The lowest BCUT2D eigenvalue weighted by atomic mass is 9.89. The third kappa shape index (κ3) is 5.42. The van der Waals surface area contributed by atoms with Crippen LogP contribution in [0, 0.1) is 5.92 Å². The highest BCUT2D eigenvalue weighted by molar-refractivity contribution is 7.92. The van der Waals surface area contributed by atoms with Crippen LogP contribution in [0.3, 0.4) is 0 Å². The first-order chi connectivity index (χ1) is 10.7.